The summed E-state index contributed by atoms with van der Waals surface area (Å²) in [5.41, 5.74) is 3.98. The Bertz CT molecular complexity index is 1200. The Balaban J connectivity index is 1.41. The maximum Gasteiger partial charge on any atom is 0.303 e. The van der Waals surface area contributed by atoms with Gasteiger partial charge in [0.05, 0.1) is 0 Å². The molecule has 0 aromatic heterocycles. The van der Waals surface area contributed by atoms with Crippen molar-refractivity contribution in [2.24, 2.45) is 62.6 Å². The molecular weight excluding hydrogens is 500 g/mol. The zero-order chi connectivity index (χ0) is 29.6. The van der Waals surface area contributed by atoms with Gasteiger partial charge >= 0.3 is 5.97 Å². The first-order valence-corrected chi connectivity index (χ1v) is 17.1. The second kappa shape index (κ2) is 9.72. The van der Waals surface area contributed by atoms with Crippen molar-refractivity contribution in [3.63, 3.8) is 0 Å². The summed E-state index contributed by atoms with van der Waals surface area (Å²) in [4.78, 5) is 12.5. The zero-order valence-electron chi connectivity index (χ0n) is 27.7. The molecule has 5 aliphatic carbocycles. The van der Waals surface area contributed by atoms with Crippen molar-refractivity contribution in [3.05, 3.63) is 41.5 Å². The highest BCUT2D eigenvalue weighted by Gasteiger charge is 2.71. The molecule has 5 saturated carbocycles. The number of ether oxygens (including phenoxy) is 1. The van der Waals surface area contributed by atoms with Crippen molar-refractivity contribution in [3.8, 4) is 0 Å². The molecule has 5 aliphatic rings. The van der Waals surface area contributed by atoms with E-state index in [2.05, 4.69) is 91.8 Å². The fourth-order valence-electron chi connectivity index (χ4n) is 13.1. The van der Waals surface area contributed by atoms with Gasteiger partial charge in [0.25, 0.3) is 0 Å². The molecule has 226 valence electrons. The monoisotopic (exact) mass is 558 g/mol. The van der Waals surface area contributed by atoms with Gasteiger partial charge in [-0.2, -0.15) is 0 Å². The summed E-state index contributed by atoms with van der Waals surface area (Å²) in [6.45, 7) is 22.3. The van der Waals surface area contributed by atoms with Crippen LogP contribution in [0.1, 0.15) is 126 Å². The van der Waals surface area contributed by atoms with Crippen LogP contribution in [0.5, 0.6) is 0 Å². The Kier molecular flexibility index (Phi) is 6.99. The molecule has 0 aliphatic heterocycles. The first-order chi connectivity index (χ1) is 19.2. The molecule has 6 rings (SSSR count). The number of rotatable bonds is 3. The zero-order valence-corrected chi connectivity index (χ0v) is 27.7. The standard InChI is InChI=1S/C39H58O2/c1-25(2)29-17-19-36(6)21-22-38(8)30(33(29)36)15-16-32-37(7)24-28(23-27-13-11-10-12-14-27)34(41-26(3)40)35(4,5)31(37)18-20-39(32,38)9/h10-14,23,25,29-34H,15-22,24H2,1-9H3. The molecular formula is C39H58O2. The van der Waals surface area contributed by atoms with E-state index >= 15 is 0 Å². The Morgan fingerprint density at radius 1 is 0.854 bits per heavy atom. The number of carbonyl (C=O) groups is 1. The summed E-state index contributed by atoms with van der Waals surface area (Å²) in [5, 5.41) is 0. The molecule has 0 saturated heterocycles. The maximum atomic E-state index is 12.5. The summed E-state index contributed by atoms with van der Waals surface area (Å²) in [6.07, 6.45) is 14.4. The van der Waals surface area contributed by atoms with Crippen LogP contribution in [-0.2, 0) is 9.53 Å². The molecule has 10 atom stereocenters. The highest BCUT2D eigenvalue weighted by Crippen LogP contribution is 2.77. The van der Waals surface area contributed by atoms with E-state index in [4.69, 9.17) is 4.74 Å². The van der Waals surface area contributed by atoms with Crippen molar-refractivity contribution >= 4 is 12.0 Å². The Morgan fingerprint density at radius 2 is 1.56 bits per heavy atom. The lowest BCUT2D eigenvalue weighted by atomic mass is 9.32. The number of fused-ring (bicyclic) bond motifs is 7. The predicted octanol–water partition coefficient (Wildman–Crippen LogP) is 10.4. The van der Waals surface area contributed by atoms with Gasteiger partial charge in [-0.15, -0.1) is 0 Å². The van der Waals surface area contributed by atoms with Gasteiger partial charge in [-0.1, -0.05) is 91.8 Å². The molecule has 0 spiro atoms. The fourth-order valence-corrected chi connectivity index (χ4v) is 13.1. The van der Waals surface area contributed by atoms with E-state index in [0.717, 1.165) is 30.1 Å². The van der Waals surface area contributed by atoms with Crippen LogP contribution in [0.25, 0.3) is 6.08 Å². The lowest BCUT2D eigenvalue weighted by Crippen LogP contribution is -2.67. The molecule has 0 amide bonds. The van der Waals surface area contributed by atoms with E-state index in [1.54, 1.807) is 6.92 Å². The van der Waals surface area contributed by atoms with E-state index in [0.29, 0.717) is 28.1 Å². The SMILES string of the molecule is CC(=O)OC1C(=Cc2ccccc2)CC2(C)C(CCC3(C)C2CCC2C4C(C(C)C)CCC4(C)CCC23C)C1(C)C. The summed E-state index contributed by atoms with van der Waals surface area (Å²) in [6, 6.07) is 10.7. The van der Waals surface area contributed by atoms with Gasteiger partial charge in [0.2, 0.25) is 0 Å². The second-order valence-electron chi connectivity index (χ2n) is 17.4. The van der Waals surface area contributed by atoms with Crippen LogP contribution in [-0.4, -0.2) is 12.1 Å². The van der Waals surface area contributed by atoms with Crippen LogP contribution >= 0.6 is 0 Å². The molecule has 0 heterocycles. The Morgan fingerprint density at radius 3 is 2.22 bits per heavy atom. The van der Waals surface area contributed by atoms with Gasteiger partial charge in [-0.05, 0) is 126 Å². The summed E-state index contributed by atoms with van der Waals surface area (Å²) in [5.74, 6) is 4.56. The van der Waals surface area contributed by atoms with Gasteiger partial charge in [-0.25, -0.2) is 0 Å². The Labute approximate surface area is 251 Å². The van der Waals surface area contributed by atoms with Crippen LogP contribution in [0.2, 0.25) is 0 Å². The largest absolute Gasteiger partial charge is 0.457 e. The van der Waals surface area contributed by atoms with Crippen molar-refractivity contribution in [1.82, 2.24) is 0 Å². The topological polar surface area (TPSA) is 26.3 Å². The average molecular weight is 559 g/mol. The quantitative estimate of drug-likeness (QED) is 0.345. The number of hydrogen-bond acceptors (Lipinski definition) is 2. The van der Waals surface area contributed by atoms with E-state index < -0.39 is 0 Å². The van der Waals surface area contributed by atoms with Gasteiger partial charge < -0.3 is 4.74 Å². The number of carbonyl (C=O) groups excluding carboxylic acids is 1. The van der Waals surface area contributed by atoms with E-state index in [-0.39, 0.29) is 22.9 Å². The maximum absolute atomic E-state index is 12.5. The second-order valence-corrected chi connectivity index (χ2v) is 17.4. The minimum atomic E-state index is -0.157. The normalized spacial score (nSPS) is 47.7. The fraction of sp³-hybridized carbons (Fsp3) is 0.769. The van der Waals surface area contributed by atoms with E-state index in [1.165, 1.54) is 62.5 Å². The third-order valence-electron chi connectivity index (χ3n) is 15.0. The highest BCUT2D eigenvalue weighted by molar-refractivity contribution is 5.67. The molecule has 0 radical (unpaired) electrons. The highest BCUT2D eigenvalue weighted by atomic mass is 16.5. The molecule has 2 heteroatoms. The Hall–Kier alpha value is -1.57. The van der Waals surface area contributed by atoms with Crippen molar-refractivity contribution in [2.75, 3.05) is 0 Å². The van der Waals surface area contributed by atoms with Gasteiger partial charge in [0, 0.05) is 12.3 Å². The molecule has 2 nitrogen and oxygen atoms in total. The van der Waals surface area contributed by atoms with Gasteiger partial charge in [-0.3, -0.25) is 4.79 Å². The van der Waals surface area contributed by atoms with Crippen molar-refractivity contribution < 1.29 is 9.53 Å². The minimum Gasteiger partial charge on any atom is -0.457 e. The van der Waals surface area contributed by atoms with Gasteiger partial charge in [0.1, 0.15) is 6.10 Å². The third-order valence-corrected chi connectivity index (χ3v) is 15.0. The minimum absolute atomic E-state index is 0.0995. The predicted molar refractivity (Wildman–Crippen MR) is 170 cm³/mol. The molecule has 10 unspecified atom stereocenters. The summed E-state index contributed by atoms with van der Waals surface area (Å²) < 4.78 is 6.24. The number of benzene rings is 1. The number of hydrogen-bond donors (Lipinski definition) is 0. The first-order valence-electron chi connectivity index (χ1n) is 17.1. The lowest BCUT2D eigenvalue weighted by Gasteiger charge is -2.73. The molecule has 1 aromatic rings. The average Bonchev–Trinajstić information content (AvgIpc) is 3.25. The molecule has 1 aromatic carbocycles. The summed E-state index contributed by atoms with van der Waals surface area (Å²) >= 11 is 0. The smallest absolute Gasteiger partial charge is 0.303 e. The molecule has 5 fully saturated rings. The third kappa shape index (κ3) is 4.18. The van der Waals surface area contributed by atoms with Crippen LogP contribution in [0.3, 0.4) is 0 Å². The van der Waals surface area contributed by atoms with Crippen LogP contribution in [0, 0.1) is 62.6 Å². The van der Waals surface area contributed by atoms with Gasteiger partial charge in [0.15, 0.2) is 0 Å². The van der Waals surface area contributed by atoms with Crippen molar-refractivity contribution in [1.29, 1.82) is 0 Å². The molecule has 0 bridgehead atoms. The van der Waals surface area contributed by atoms with E-state index in [9.17, 15) is 4.79 Å². The molecule has 41 heavy (non-hydrogen) atoms. The van der Waals surface area contributed by atoms with Crippen LogP contribution in [0.4, 0.5) is 0 Å². The molecule has 0 N–H and O–H groups in total. The lowest BCUT2D eigenvalue weighted by molar-refractivity contribution is -0.242. The van der Waals surface area contributed by atoms with Crippen molar-refractivity contribution in [2.45, 2.75) is 126 Å². The van der Waals surface area contributed by atoms with Crippen LogP contribution in [0.15, 0.2) is 35.9 Å². The van der Waals surface area contributed by atoms with Crippen LogP contribution < -0.4 is 0 Å². The van der Waals surface area contributed by atoms with E-state index in [1.807, 2.05) is 0 Å². The number of esters is 1. The first kappa shape index (κ1) is 29.5. The summed E-state index contributed by atoms with van der Waals surface area (Å²) in [7, 11) is 0.